The number of piperazine rings is 1. The molecule has 2 amide bonds. The number of rotatable bonds is 4. The van der Waals surface area contributed by atoms with Crippen molar-refractivity contribution in [3.05, 3.63) is 23.3 Å². The molecule has 1 N–H and O–H groups in total. The number of nitrogens with zero attached hydrogens (tertiary/aromatic N) is 6. The molecule has 10 nitrogen and oxygen atoms in total. The lowest BCUT2D eigenvalue weighted by Gasteiger charge is -2.33. The minimum Gasteiger partial charge on any atom is -0.339 e. The molecule has 0 aromatic carbocycles. The number of alkyl halides is 3. The zero-order valence-corrected chi connectivity index (χ0v) is 16.0. The first kappa shape index (κ1) is 20.6. The van der Waals surface area contributed by atoms with Crippen LogP contribution in [0.4, 0.5) is 19.1 Å². The minimum absolute atomic E-state index is 0.00127. The molecule has 0 saturated carbocycles. The SMILES string of the molecule is CC(=O)N1CCN(c2noc(C(C)NC(=O)c3cc(C(F)(F)F)nn3C)n2)CC1. The van der Waals surface area contributed by atoms with Crippen LogP contribution in [-0.4, -0.2) is 62.8 Å². The fraction of sp³-hybridized carbons (Fsp3) is 0.562. The van der Waals surface area contributed by atoms with Crippen molar-refractivity contribution < 1.29 is 27.3 Å². The highest BCUT2D eigenvalue weighted by molar-refractivity contribution is 5.92. The summed E-state index contributed by atoms with van der Waals surface area (Å²) in [7, 11) is 1.25. The lowest BCUT2D eigenvalue weighted by atomic mass is 10.3. The largest absolute Gasteiger partial charge is 0.435 e. The molecule has 1 atom stereocenters. The average molecular weight is 415 g/mol. The Morgan fingerprint density at radius 2 is 1.90 bits per heavy atom. The molecule has 29 heavy (non-hydrogen) atoms. The summed E-state index contributed by atoms with van der Waals surface area (Å²) in [4.78, 5) is 31.5. The molecule has 2 aromatic heterocycles. The second-order valence-corrected chi connectivity index (χ2v) is 6.66. The highest BCUT2D eigenvalue weighted by Crippen LogP contribution is 2.28. The summed E-state index contributed by atoms with van der Waals surface area (Å²) in [6.07, 6.45) is -4.64. The molecule has 1 saturated heterocycles. The van der Waals surface area contributed by atoms with E-state index in [2.05, 4.69) is 20.6 Å². The van der Waals surface area contributed by atoms with E-state index in [1.807, 2.05) is 4.90 Å². The maximum atomic E-state index is 12.8. The van der Waals surface area contributed by atoms with E-state index in [4.69, 9.17) is 4.52 Å². The van der Waals surface area contributed by atoms with Crippen LogP contribution in [0.15, 0.2) is 10.6 Å². The Labute approximate surface area is 163 Å². The van der Waals surface area contributed by atoms with Crippen LogP contribution in [-0.2, 0) is 18.0 Å². The monoisotopic (exact) mass is 415 g/mol. The average Bonchev–Trinajstić information content (AvgIpc) is 3.28. The quantitative estimate of drug-likeness (QED) is 0.793. The van der Waals surface area contributed by atoms with Gasteiger partial charge in [-0.3, -0.25) is 14.3 Å². The second kappa shape index (κ2) is 7.72. The van der Waals surface area contributed by atoms with Gasteiger partial charge in [-0.25, -0.2) is 0 Å². The smallest absolute Gasteiger partial charge is 0.339 e. The minimum atomic E-state index is -4.64. The van der Waals surface area contributed by atoms with Gasteiger partial charge in [-0.2, -0.15) is 23.3 Å². The number of nitrogens with one attached hydrogen (secondary N) is 1. The molecular weight excluding hydrogens is 395 g/mol. The molecule has 158 valence electrons. The van der Waals surface area contributed by atoms with Gasteiger partial charge in [-0.1, -0.05) is 0 Å². The molecule has 1 aliphatic heterocycles. The van der Waals surface area contributed by atoms with Crippen molar-refractivity contribution in [2.75, 3.05) is 31.1 Å². The van der Waals surface area contributed by atoms with Crippen molar-refractivity contribution in [3.63, 3.8) is 0 Å². The van der Waals surface area contributed by atoms with Crippen molar-refractivity contribution in [2.45, 2.75) is 26.1 Å². The zero-order valence-electron chi connectivity index (χ0n) is 16.0. The van der Waals surface area contributed by atoms with E-state index in [1.165, 1.54) is 14.0 Å². The van der Waals surface area contributed by atoms with Crippen LogP contribution < -0.4 is 10.2 Å². The highest BCUT2D eigenvalue weighted by Gasteiger charge is 2.35. The summed E-state index contributed by atoms with van der Waals surface area (Å²) in [6.45, 7) is 5.22. The predicted molar refractivity (Wildman–Crippen MR) is 92.9 cm³/mol. The maximum absolute atomic E-state index is 12.8. The van der Waals surface area contributed by atoms with Gasteiger partial charge in [0.05, 0.1) is 0 Å². The molecule has 0 bridgehead atoms. The zero-order chi connectivity index (χ0) is 21.3. The molecule has 3 rings (SSSR count). The number of hydrogen-bond acceptors (Lipinski definition) is 7. The predicted octanol–water partition coefficient (Wildman–Crippen LogP) is 0.981. The molecule has 1 aliphatic rings. The van der Waals surface area contributed by atoms with Crippen molar-refractivity contribution in [1.82, 2.24) is 30.1 Å². The molecule has 1 unspecified atom stereocenters. The Balaban J connectivity index is 1.63. The van der Waals surface area contributed by atoms with E-state index in [0.29, 0.717) is 38.2 Å². The number of halogens is 3. The Hall–Kier alpha value is -3.12. The van der Waals surface area contributed by atoms with Crippen LogP contribution in [0.1, 0.15) is 42.0 Å². The molecule has 0 spiro atoms. The normalized spacial score (nSPS) is 16.1. The third-order valence-corrected chi connectivity index (χ3v) is 4.56. The maximum Gasteiger partial charge on any atom is 0.435 e. The van der Waals surface area contributed by atoms with Gasteiger partial charge in [0.15, 0.2) is 5.69 Å². The molecule has 2 aromatic rings. The van der Waals surface area contributed by atoms with Gasteiger partial charge in [0, 0.05) is 46.2 Å². The van der Waals surface area contributed by atoms with E-state index in [1.54, 1.807) is 11.8 Å². The summed E-state index contributed by atoms with van der Waals surface area (Å²) < 4.78 is 44.3. The van der Waals surface area contributed by atoms with E-state index >= 15 is 0 Å². The standard InChI is InChI=1S/C16H20F3N7O3/c1-9(20-13(28)11-8-12(16(17,18)19)22-24(11)3)14-21-15(23-29-14)26-6-4-25(5-7-26)10(2)27/h8-9H,4-7H2,1-3H3,(H,20,28). The van der Waals surface area contributed by atoms with Crippen molar-refractivity contribution in [1.29, 1.82) is 0 Å². The van der Waals surface area contributed by atoms with Gasteiger partial charge >= 0.3 is 6.18 Å². The van der Waals surface area contributed by atoms with Gasteiger partial charge in [-0.15, -0.1) is 0 Å². The summed E-state index contributed by atoms with van der Waals surface area (Å²) in [5.74, 6) is -0.318. The number of anilines is 1. The first-order chi connectivity index (χ1) is 13.6. The summed E-state index contributed by atoms with van der Waals surface area (Å²) in [5.41, 5.74) is -1.40. The van der Waals surface area contributed by atoms with Crippen LogP contribution in [0.5, 0.6) is 0 Å². The van der Waals surface area contributed by atoms with Gasteiger partial charge in [0.2, 0.25) is 5.91 Å². The lowest BCUT2D eigenvalue weighted by Crippen LogP contribution is -2.48. The van der Waals surface area contributed by atoms with Crippen LogP contribution >= 0.6 is 0 Å². The number of hydrogen-bond donors (Lipinski definition) is 1. The van der Waals surface area contributed by atoms with Crippen molar-refractivity contribution >= 4 is 17.8 Å². The highest BCUT2D eigenvalue weighted by atomic mass is 19.4. The fourth-order valence-corrected chi connectivity index (χ4v) is 2.90. The molecular formula is C16H20F3N7O3. The van der Waals surface area contributed by atoms with Crippen LogP contribution in [0.2, 0.25) is 0 Å². The summed E-state index contributed by atoms with van der Waals surface area (Å²) in [6, 6.07) is -0.0537. The Kier molecular flexibility index (Phi) is 5.48. The first-order valence-corrected chi connectivity index (χ1v) is 8.82. The van der Waals surface area contributed by atoms with E-state index in [0.717, 1.165) is 4.68 Å². The lowest BCUT2D eigenvalue weighted by molar-refractivity contribution is -0.141. The van der Waals surface area contributed by atoms with Gasteiger partial charge < -0.3 is 19.6 Å². The van der Waals surface area contributed by atoms with Crippen LogP contribution in [0.25, 0.3) is 0 Å². The number of carbonyl (C=O) groups is 2. The summed E-state index contributed by atoms with van der Waals surface area (Å²) in [5, 5.41) is 9.72. The Morgan fingerprint density at radius 3 is 2.45 bits per heavy atom. The topological polar surface area (TPSA) is 109 Å². The van der Waals surface area contributed by atoms with Gasteiger partial charge in [0.25, 0.3) is 17.7 Å². The van der Waals surface area contributed by atoms with Crippen molar-refractivity contribution in [3.8, 4) is 0 Å². The number of aryl methyl sites for hydroxylation is 1. The summed E-state index contributed by atoms with van der Waals surface area (Å²) >= 11 is 0. The second-order valence-electron chi connectivity index (χ2n) is 6.66. The van der Waals surface area contributed by atoms with Gasteiger partial charge in [0.1, 0.15) is 11.7 Å². The molecule has 13 heteroatoms. The van der Waals surface area contributed by atoms with E-state index in [-0.39, 0.29) is 17.5 Å². The number of carbonyl (C=O) groups excluding carboxylic acids is 2. The Morgan fingerprint density at radius 1 is 1.24 bits per heavy atom. The third-order valence-electron chi connectivity index (χ3n) is 4.56. The van der Waals surface area contributed by atoms with Crippen LogP contribution in [0, 0.1) is 0 Å². The Bertz CT molecular complexity index is 900. The molecule has 0 aliphatic carbocycles. The van der Waals surface area contributed by atoms with E-state index < -0.39 is 23.8 Å². The van der Waals surface area contributed by atoms with E-state index in [9.17, 15) is 22.8 Å². The molecule has 3 heterocycles. The van der Waals surface area contributed by atoms with Crippen molar-refractivity contribution in [2.24, 2.45) is 7.05 Å². The third kappa shape index (κ3) is 4.49. The molecule has 0 radical (unpaired) electrons. The number of aromatic nitrogens is 4. The van der Waals surface area contributed by atoms with Crippen LogP contribution in [0.3, 0.4) is 0 Å². The molecule has 1 fully saturated rings. The van der Waals surface area contributed by atoms with Gasteiger partial charge in [-0.05, 0) is 12.1 Å². The fourth-order valence-electron chi connectivity index (χ4n) is 2.90. The first-order valence-electron chi connectivity index (χ1n) is 8.82. The number of amides is 2.